The number of aryl methyl sites for hydroxylation is 1. The molecule has 1 amide bonds. The molecule has 6 nitrogen and oxygen atoms in total. The zero-order valence-electron chi connectivity index (χ0n) is 19.0. The van der Waals surface area contributed by atoms with Gasteiger partial charge < -0.3 is 16.8 Å². The smallest absolute Gasteiger partial charge is 0.253 e. The topological polar surface area (TPSA) is 105 Å². The Hall–Kier alpha value is -3.31. The summed E-state index contributed by atoms with van der Waals surface area (Å²) in [5.41, 5.74) is 14.6. The van der Waals surface area contributed by atoms with Gasteiger partial charge in [0.25, 0.3) is 5.91 Å². The molecule has 3 aromatic rings. The molecule has 0 heterocycles. The van der Waals surface area contributed by atoms with Gasteiger partial charge >= 0.3 is 0 Å². The van der Waals surface area contributed by atoms with E-state index in [1.54, 1.807) is 12.1 Å². The number of nitrogens with one attached hydrogen (secondary N) is 3. The minimum Gasteiger partial charge on any atom is -0.324 e. The number of benzene rings is 3. The van der Waals surface area contributed by atoms with Gasteiger partial charge in [-0.3, -0.25) is 15.4 Å². The predicted octanol–water partition coefficient (Wildman–Crippen LogP) is 3.32. The fourth-order valence-electron chi connectivity index (χ4n) is 3.47. The van der Waals surface area contributed by atoms with Gasteiger partial charge in [0, 0.05) is 18.2 Å². The van der Waals surface area contributed by atoms with E-state index in [0.29, 0.717) is 24.2 Å². The van der Waals surface area contributed by atoms with Crippen molar-refractivity contribution in [1.29, 1.82) is 0 Å². The van der Waals surface area contributed by atoms with Crippen LogP contribution in [0.25, 0.3) is 0 Å². The number of carbonyl (C=O) groups excluding carboxylic acids is 1. The fraction of sp³-hybridized carbons (Fsp3) is 0.240. The third-order valence-electron chi connectivity index (χ3n) is 5.47. The molecule has 0 saturated carbocycles. The van der Waals surface area contributed by atoms with E-state index in [-0.39, 0.29) is 12.2 Å². The number of nitrogens with two attached hydrogens (primary N) is 2. The van der Waals surface area contributed by atoms with E-state index in [4.69, 9.17) is 11.5 Å². The van der Waals surface area contributed by atoms with Gasteiger partial charge in [0.15, 0.2) is 17.5 Å². The van der Waals surface area contributed by atoms with Crippen molar-refractivity contribution in [1.82, 2.24) is 16.0 Å². The fourth-order valence-corrected chi connectivity index (χ4v) is 3.47. The number of hydrogen-bond acceptors (Lipinski definition) is 5. The first-order chi connectivity index (χ1) is 16.6. The molecule has 3 unspecified atom stereocenters. The van der Waals surface area contributed by atoms with E-state index in [1.165, 1.54) is 12.1 Å². The maximum atomic E-state index is 13.6. The second-order valence-electron chi connectivity index (χ2n) is 8.13. The molecule has 0 radical (unpaired) electrons. The molecule has 0 aliphatic carbocycles. The van der Waals surface area contributed by atoms with Gasteiger partial charge in [-0.2, -0.15) is 0 Å². The summed E-state index contributed by atoms with van der Waals surface area (Å²) in [5, 5.41) is 8.63. The third kappa shape index (κ3) is 7.33. The van der Waals surface area contributed by atoms with Crippen LogP contribution in [0.15, 0.2) is 60.7 Å². The molecule has 10 heteroatoms. The van der Waals surface area contributed by atoms with Crippen LogP contribution in [0, 0.1) is 30.2 Å². The first-order valence-corrected chi connectivity index (χ1v) is 10.9. The van der Waals surface area contributed by atoms with E-state index in [0.717, 1.165) is 11.1 Å². The number of halogens is 4. The van der Waals surface area contributed by atoms with Gasteiger partial charge in [0.2, 0.25) is 0 Å². The summed E-state index contributed by atoms with van der Waals surface area (Å²) >= 11 is 0. The number of amides is 1. The summed E-state index contributed by atoms with van der Waals surface area (Å²) in [5.74, 6) is -5.86. The molecule has 7 N–H and O–H groups in total. The van der Waals surface area contributed by atoms with Crippen LogP contribution in [-0.2, 0) is 6.54 Å². The molecule has 0 bridgehead atoms. The van der Waals surface area contributed by atoms with Crippen molar-refractivity contribution >= 4 is 5.91 Å². The second kappa shape index (κ2) is 11.9. The quantitative estimate of drug-likeness (QED) is 0.171. The van der Waals surface area contributed by atoms with Crippen LogP contribution in [-0.4, -0.2) is 18.4 Å². The van der Waals surface area contributed by atoms with Crippen molar-refractivity contribution in [3.8, 4) is 0 Å². The molecule has 3 rings (SSSR count). The van der Waals surface area contributed by atoms with Crippen LogP contribution in [0.2, 0.25) is 0 Å². The lowest BCUT2D eigenvalue weighted by Crippen LogP contribution is -2.59. The predicted molar refractivity (Wildman–Crippen MR) is 125 cm³/mol. The summed E-state index contributed by atoms with van der Waals surface area (Å²) in [7, 11) is 0. The number of hydrogen-bond donors (Lipinski definition) is 5. The maximum Gasteiger partial charge on any atom is 0.253 e. The van der Waals surface area contributed by atoms with Crippen LogP contribution in [0.3, 0.4) is 0 Å². The van der Waals surface area contributed by atoms with E-state index >= 15 is 0 Å². The van der Waals surface area contributed by atoms with Gasteiger partial charge in [-0.25, -0.2) is 17.6 Å². The highest BCUT2D eigenvalue weighted by Gasteiger charge is 2.21. The summed E-state index contributed by atoms with van der Waals surface area (Å²) < 4.78 is 53.7. The average Bonchev–Trinajstić information content (AvgIpc) is 2.81. The van der Waals surface area contributed by atoms with E-state index < -0.39 is 47.4 Å². The molecule has 0 aliphatic heterocycles. The average molecular weight is 490 g/mol. The van der Waals surface area contributed by atoms with Crippen LogP contribution < -0.4 is 27.4 Å². The summed E-state index contributed by atoms with van der Waals surface area (Å²) in [6.45, 7) is 2.25. The van der Waals surface area contributed by atoms with Crippen molar-refractivity contribution in [2.45, 2.75) is 38.4 Å². The normalized spacial score (nSPS) is 13.8. The van der Waals surface area contributed by atoms with E-state index in [2.05, 4.69) is 16.0 Å². The van der Waals surface area contributed by atoms with Crippen molar-refractivity contribution in [2.24, 2.45) is 11.5 Å². The van der Waals surface area contributed by atoms with Crippen LogP contribution in [0.1, 0.15) is 39.5 Å². The van der Waals surface area contributed by atoms with E-state index in [1.807, 2.05) is 31.2 Å². The molecule has 0 spiro atoms. The maximum absolute atomic E-state index is 13.6. The van der Waals surface area contributed by atoms with Gasteiger partial charge in [-0.1, -0.05) is 36.4 Å². The zero-order valence-corrected chi connectivity index (χ0v) is 19.0. The second-order valence-corrected chi connectivity index (χ2v) is 8.13. The molecule has 3 aromatic carbocycles. The third-order valence-corrected chi connectivity index (χ3v) is 5.47. The van der Waals surface area contributed by atoms with Gasteiger partial charge in [-0.15, -0.1) is 0 Å². The SMILES string of the molecule is Cc1ccccc1CNC(NC(=O)c1cc(F)c(F)c(F)c1)NC(N)CC(N)c1ccc(F)cc1. The van der Waals surface area contributed by atoms with Gasteiger partial charge in [0.1, 0.15) is 12.1 Å². The van der Waals surface area contributed by atoms with Gasteiger partial charge in [0.05, 0.1) is 6.17 Å². The molecule has 0 aliphatic rings. The Morgan fingerprint density at radius 3 is 2.20 bits per heavy atom. The first kappa shape index (κ1) is 26.3. The minimum absolute atomic E-state index is 0.226. The minimum atomic E-state index is -1.66. The van der Waals surface area contributed by atoms with Crippen molar-refractivity contribution in [3.05, 3.63) is 106 Å². The first-order valence-electron chi connectivity index (χ1n) is 10.9. The Kier molecular flexibility index (Phi) is 8.94. The molecule has 35 heavy (non-hydrogen) atoms. The Morgan fingerprint density at radius 2 is 1.57 bits per heavy atom. The standard InChI is InChI=1S/C25H27F4N5O/c1-14-4-2-3-5-16(14)13-32-25(34-24(35)17-10-19(27)23(29)20(28)11-17)33-22(31)12-21(30)15-6-8-18(26)9-7-15/h2-11,21-22,25,32-33H,12-13,30-31H2,1H3,(H,34,35). The number of rotatable bonds is 10. The highest BCUT2D eigenvalue weighted by Crippen LogP contribution is 2.16. The van der Waals surface area contributed by atoms with Crippen molar-refractivity contribution < 1.29 is 22.4 Å². The zero-order chi connectivity index (χ0) is 25.5. The number of carbonyl (C=O) groups is 1. The summed E-state index contributed by atoms with van der Waals surface area (Å²) in [4.78, 5) is 12.7. The molecule has 0 saturated heterocycles. The molecule has 3 atom stereocenters. The Balaban J connectivity index is 1.71. The molecule has 186 valence electrons. The van der Waals surface area contributed by atoms with Crippen molar-refractivity contribution in [2.75, 3.05) is 0 Å². The van der Waals surface area contributed by atoms with E-state index in [9.17, 15) is 22.4 Å². The van der Waals surface area contributed by atoms with Crippen molar-refractivity contribution in [3.63, 3.8) is 0 Å². The van der Waals surface area contributed by atoms with Crippen LogP contribution in [0.5, 0.6) is 0 Å². The molecular formula is C25H27F4N5O. The Morgan fingerprint density at radius 1 is 0.943 bits per heavy atom. The lowest BCUT2D eigenvalue weighted by atomic mass is 10.0. The lowest BCUT2D eigenvalue weighted by Gasteiger charge is -2.27. The molecular weight excluding hydrogens is 462 g/mol. The Labute approximate surface area is 200 Å². The summed E-state index contributed by atoms with van der Waals surface area (Å²) in [6.07, 6.45) is -1.44. The summed E-state index contributed by atoms with van der Waals surface area (Å²) in [6, 6.07) is 14.0. The van der Waals surface area contributed by atoms with Crippen LogP contribution in [0.4, 0.5) is 17.6 Å². The Bertz CT molecular complexity index is 1140. The monoisotopic (exact) mass is 489 g/mol. The highest BCUT2D eigenvalue weighted by atomic mass is 19.2. The van der Waals surface area contributed by atoms with Crippen LogP contribution >= 0.6 is 0 Å². The largest absolute Gasteiger partial charge is 0.324 e. The molecule has 0 fully saturated rings. The lowest BCUT2D eigenvalue weighted by molar-refractivity contribution is 0.0912. The molecule has 0 aromatic heterocycles. The highest BCUT2D eigenvalue weighted by molar-refractivity contribution is 5.94. The van der Waals surface area contributed by atoms with Gasteiger partial charge in [-0.05, 0) is 54.3 Å².